The molecule has 0 amide bonds. The Morgan fingerprint density at radius 2 is 1.94 bits per heavy atom. The Hall–Kier alpha value is -1.90. The third-order valence-electron chi connectivity index (χ3n) is 5.99. The zero-order valence-electron chi connectivity index (χ0n) is 21.8. The summed E-state index contributed by atoms with van der Waals surface area (Å²) in [7, 11) is 0. The number of aromatic nitrogens is 3. The van der Waals surface area contributed by atoms with Gasteiger partial charge in [0, 0.05) is 24.2 Å². The van der Waals surface area contributed by atoms with Crippen LogP contribution in [-0.4, -0.2) is 38.9 Å². The lowest BCUT2D eigenvalue weighted by Gasteiger charge is -2.40. The molecular weight excluding hydrogens is 492 g/mol. The summed E-state index contributed by atoms with van der Waals surface area (Å²) >= 11 is 12.7. The molecule has 0 aromatic carbocycles. The number of hydrogen-bond donors (Lipinski definition) is 2. The summed E-state index contributed by atoms with van der Waals surface area (Å²) in [5, 5.41) is 10.7. The average Bonchev–Trinajstić information content (AvgIpc) is 3.09. The number of carbonyl (C=O) groups excluding carboxylic acids is 1. The molecule has 0 saturated carbocycles. The summed E-state index contributed by atoms with van der Waals surface area (Å²) in [6, 6.07) is 1.92. The van der Waals surface area contributed by atoms with E-state index < -0.39 is 16.8 Å². The number of halogens is 3. The number of hydrogen-bond acceptors (Lipinski definition) is 6. The molecule has 7 nitrogen and oxygen atoms in total. The highest BCUT2D eigenvalue weighted by molar-refractivity contribution is 6.43. The predicted octanol–water partition coefficient (Wildman–Crippen LogP) is 6.17. The van der Waals surface area contributed by atoms with E-state index in [0.29, 0.717) is 25.2 Å². The van der Waals surface area contributed by atoms with Crippen LogP contribution >= 0.6 is 23.2 Å². The van der Waals surface area contributed by atoms with E-state index in [-0.39, 0.29) is 45.5 Å². The van der Waals surface area contributed by atoms with Crippen LogP contribution in [0.15, 0.2) is 6.07 Å². The van der Waals surface area contributed by atoms with Gasteiger partial charge in [0.25, 0.3) is 0 Å². The molecule has 2 atom stereocenters. The van der Waals surface area contributed by atoms with Gasteiger partial charge in [-0.1, -0.05) is 23.2 Å². The largest absolute Gasteiger partial charge is 0.460 e. The van der Waals surface area contributed by atoms with Crippen LogP contribution < -0.4 is 10.6 Å². The molecule has 3 heterocycles. The van der Waals surface area contributed by atoms with Crippen molar-refractivity contribution in [1.82, 2.24) is 20.1 Å². The van der Waals surface area contributed by atoms with Crippen molar-refractivity contribution in [2.75, 3.05) is 11.9 Å². The van der Waals surface area contributed by atoms with Gasteiger partial charge < -0.3 is 15.4 Å². The molecule has 1 saturated heterocycles. The van der Waals surface area contributed by atoms with Crippen molar-refractivity contribution in [3.63, 3.8) is 0 Å². The summed E-state index contributed by atoms with van der Waals surface area (Å²) in [4.78, 5) is 17.9. The van der Waals surface area contributed by atoms with Gasteiger partial charge in [-0.2, -0.15) is 5.10 Å². The molecule has 194 valence electrons. The average molecular weight is 529 g/mol. The van der Waals surface area contributed by atoms with Gasteiger partial charge in [0.05, 0.1) is 16.6 Å². The molecule has 0 spiro atoms. The minimum Gasteiger partial charge on any atom is -0.460 e. The molecule has 10 heteroatoms. The van der Waals surface area contributed by atoms with Gasteiger partial charge in [0.2, 0.25) is 0 Å². The number of anilines is 2. The van der Waals surface area contributed by atoms with Crippen molar-refractivity contribution in [3.8, 4) is 0 Å². The number of nitrogens with one attached hydrogen (secondary N) is 2. The fourth-order valence-corrected chi connectivity index (χ4v) is 4.91. The number of rotatable bonds is 5. The van der Waals surface area contributed by atoms with Gasteiger partial charge >= 0.3 is 5.97 Å². The lowest BCUT2D eigenvalue weighted by Crippen LogP contribution is -2.50. The van der Waals surface area contributed by atoms with Gasteiger partial charge in [-0.3, -0.25) is 9.48 Å². The van der Waals surface area contributed by atoms with Gasteiger partial charge in [-0.05, 0) is 74.8 Å². The van der Waals surface area contributed by atoms with Crippen molar-refractivity contribution in [1.29, 1.82) is 0 Å². The number of esters is 1. The van der Waals surface area contributed by atoms with E-state index in [0.717, 1.165) is 5.69 Å². The Bertz CT molecular complexity index is 1110. The highest BCUT2D eigenvalue weighted by Gasteiger charge is 2.45. The van der Waals surface area contributed by atoms with Crippen molar-refractivity contribution < 1.29 is 13.9 Å². The van der Waals surface area contributed by atoms with Crippen LogP contribution in [0.1, 0.15) is 72.7 Å². The van der Waals surface area contributed by atoms with Crippen LogP contribution in [0.3, 0.4) is 0 Å². The monoisotopic (exact) mass is 527 g/mol. The van der Waals surface area contributed by atoms with Crippen LogP contribution in [0.25, 0.3) is 0 Å². The zero-order chi connectivity index (χ0) is 26.3. The van der Waals surface area contributed by atoms with Crippen LogP contribution in [0.2, 0.25) is 10.0 Å². The maximum absolute atomic E-state index is 15.3. The summed E-state index contributed by atoms with van der Waals surface area (Å²) in [5.74, 6) is -0.391. The number of nitrogens with zero attached hydrogens (tertiary/aromatic N) is 3. The number of carbonyl (C=O) groups is 1. The quantitative estimate of drug-likeness (QED) is 0.452. The molecule has 0 radical (unpaired) electrons. The van der Waals surface area contributed by atoms with E-state index in [4.69, 9.17) is 27.9 Å². The van der Waals surface area contributed by atoms with Gasteiger partial charge in [0.15, 0.2) is 17.5 Å². The number of ether oxygens (including phenoxy) is 1. The lowest BCUT2D eigenvalue weighted by atomic mass is 9.72. The van der Waals surface area contributed by atoms with E-state index in [9.17, 15) is 4.79 Å². The van der Waals surface area contributed by atoms with Crippen molar-refractivity contribution in [3.05, 3.63) is 33.3 Å². The minimum absolute atomic E-state index is 0.0409. The summed E-state index contributed by atoms with van der Waals surface area (Å²) in [6.45, 7) is 16.2. The zero-order valence-corrected chi connectivity index (χ0v) is 23.3. The van der Waals surface area contributed by atoms with E-state index in [2.05, 4.69) is 20.7 Å². The SMILES string of the molecule is Cc1cc(Nc2nc(C[C@@]3(C(=O)OC(C)(C)C)CCN[C@H](C)C3)c(F)c(Cl)c2Cl)nn1C(C)(C)C. The van der Waals surface area contributed by atoms with E-state index in [1.54, 1.807) is 0 Å². The summed E-state index contributed by atoms with van der Waals surface area (Å²) in [5.41, 5.74) is -0.827. The molecule has 2 aromatic heterocycles. The summed E-state index contributed by atoms with van der Waals surface area (Å²) < 4.78 is 23.0. The first-order valence-corrected chi connectivity index (χ1v) is 12.6. The number of piperidine rings is 1. The highest BCUT2D eigenvalue weighted by atomic mass is 35.5. The molecule has 2 aromatic rings. The van der Waals surface area contributed by atoms with Crippen LogP contribution in [-0.2, 0) is 21.5 Å². The predicted molar refractivity (Wildman–Crippen MR) is 138 cm³/mol. The van der Waals surface area contributed by atoms with Crippen LogP contribution in [0.4, 0.5) is 16.0 Å². The third-order valence-corrected chi connectivity index (χ3v) is 6.81. The van der Waals surface area contributed by atoms with Crippen LogP contribution in [0.5, 0.6) is 0 Å². The first-order chi connectivity index (χ1) is 16.0. The molecule has 0 aliphatic carbocycles. The molecule has 1 fully saturated rings. The Kier molecular flexibility index (Phi) is 7.80. The Morgan fingerprint density at radius 3 is 2.49 bits per heavy atom. The fourth-order valence-electron chi connectivity index (χ4n) is 4.54. The second kappa shape index (κ2) is 9.87. The molecule has 0 unspecified atom stereocenters. The molecule has 35 heavy (non-hydrogen) atoms. The van der Waals surface area contributed by atoms with E-state index >= 15 is 4.39 Å². The number of pyridine rings is 1. The minimum atomic E-state index is -0.940. The van der Waals surface area contributed by atoms with Crippen molar-refractivity contribution in [2.24, 2.45) is 5.41 Å². The second-order valence-electron chi connectivity index (χ2n) is 11.5. The maximum atomic E-state index is 15.3. The maximum Gasteiger partial charge on any atom is 0.313 e. The Labute approximate surface area is 217 Å². The second-order valence-corrected chi connectivity index (χ2v) is 12.3. The van der Waals surface area contributed by atoms with Gasteiger partial charge in [-0.25, -0.2) is 9.37 Å². The Balaban J connectivity index is 2.00. The normalized spacial score (nSPS) is 21.2. The van der Waals surface area contributed by atoms with E-state index in [1.807, 2.05) is 66.1 Å². The molecule has 3 rings (SSSR count). The standard InChI is InChI=1S/C25H36Cl2FN5O2/c1-14-12-25(9-10-29-14,22(34)35-24(6,7)8)13-16-20(28)18(26)19(27)21(30-16)31-17-11-15(2)33(32-17)23(3,4)5/h11,14,29H,9-10,12-13H2,1-8H3,(H,30,31,32)/t14-,25-/m1/s1. The molecular formula is C25H36Cl2FN5O2. The molecule has 1 aliphatic rings. The van der Waals surface area contributed by atoms with E-state index in [1.165, 1.54) is 0 Å². The first-order valence-electron chi connectivity index (χ1n) is 11.9. The molecule has 0 bridgehead atoms. The molecule has 2 N–H and O–H groups in total. The highest BCUT2D eigenvalue weighted by Crippen LogP contribution is 2.41. The topological polar surface area (TPSA) is 81.1 Å². The first kappa shape index (κ1) is 27.7. The molecule has 1 aliphatic heterocycles. The lowest BCUT2D eigenvalue weighted by molar-refractivity contribution is -0.170. The summed E-state index contributed by atoms with van der Waals surface area (Å²) in [6.07, 6.45) is 1.02. The van der Waals surface area contributed by atoms with Crippen molar-refractivity contribution >= 4 is 40.8 Å². The smallest absolute Gasteiger partial charge is 0.313 e. The van der Waals surface area contributed by atoms with Gasteiger partial charge in [0.1, 0.15) is 15.6 Å². The Morgan fingerprint density at radius 1 is 1.29 bits per heavy atom. The van der Waals surface area contributed by atoms with Gasteiger partial charge in [-0.15, -0.1) is 0 Å². The third kappa shape index (κ3) is 6.27. The van der Waals surface area contributed by atoms with Crippen molar-refractivity contribution in [2.45, 2.75) is 91.8 Å². The number of aryl methyl sites for hydroxylation is 1. The fraction of sp³-hybridized carbons (Fsp3) is 0.640. The van der Waals surface area contributed by atoms with Crippen LogP contribution in [0, 0.1) is 18.2 Å².